The molecule has 2 amide bonds. The standard InChI is InChI=1S/C19H17F3N2O4/c1-10-15(17(25)27-3)16(23-18(26)24(10)2)14-8-7-13(28-14)11-5-4-6-12(9-11)19(20,21)22/h4-9,16H,1-3H3,(H,23,26)/t16-/m0/s1. The van der Waals surface area contributed by atoms with Crippen LogP contribution in [0.25, 0.3) is 11.3 Å². The van der Waals surface area contributed by atoms with Crippen molar-refractivity contribution in [1.29, 1.82) is 0 Å². The minimum atomic E-state index is -4.48. The Morgan fingerprint density at radius 1 is 1.25 bits per heavy atom. The van der Waals surface area contributed by atoms with Crippen molar-refractivity contribution in [3.63, 3.8) is 0 Å². The SMILES string of the molecule is COC(=O)C1=C(C)N(C)C(=O)N[C@H]1c1ccc(-c2cccc(C(F)(F)F)c2)o1. The Balaban J connectivity index is 2.01. The first-order chi connectivity index (χ1) is 13.1. The molecule has 0 bridgehead atoms. The predicted molar refractivity (Wildman–Crippen MR) is 92.9 cm³/mol. The summed E-state index contributed by atoms with van der Waals surface area (Å²) in [6, 6.07) is 6.31. The summed E-state index contributed by atoms with van der Waals surface area (Å²) < 4.78 is 49.3. The van der Waals surface area contributed by atoms with Crippen LogP contribution in [-0.4, -0.2) is 31.1 Å². The summed E-state index contributed by atoms with van der Waals surface area (Å²) >= 11 is 0. The number of amides is 2. The molecule has 9 heteroatoms. The molecule has 1 aliphatic rings. The molecule has 0 aliphatic carbocycles. The fourth-order valence-corrected chi connectivity index (χ4v) is 2.94. The summed E-state index contributed by atoms with van der Waals surface area (Å²) in [5.74, 6) is -0.267. The van der Waals surface area contributed by atoms with Gasteiger partial charge in [-0.1, -0.05) is 12.1 Å². The largest absolute Gasteiger partial charge is 0.466 e. The summed E-state index contributed by atoms with van der Waals surface area (Å²) in [7, 11) is 2.71. The molecular weight excluding hydrogens is 377 g/mol. The number of nitrogens with zero attached hydrogens (tertiary/aromatic N) is 1. The molecule has 0 saturated carbocycles. The second-order valence-corrected chi connectivity index (χ2v) is 6.21. The minimum Gasteiger partial charge on any atom is -0.466 e. The minimum absolute atomic E-state index is 0.176. The number of rotatable bonds is 3. The number of hydrogen-bond acceptors (Lipinski definition) is 4. The molecule has 0 saturated heterocycles. The van der Waals surface area contributed by atoms with Gasteiger partial charge in [-0.3, -0.25) is 0 Å². The third-order valence-corrected chi connectivity index (χ3v) is 4.55. The molecule has 1 aromatic carbocycles. The van der Waals surface area contributed by atoms with Crippen LogP contribution in [0.4, 0.5) is 18.0 Å². The van der Waals surface area contributed by atoms with Crippen LogP contribution in [0.1, 0.15) is 24.3 Å². The molecular formula is C19H17F3N2O4. The van der Waals surface area contributed by atoms with Crippen LogP contribution in [0.2, 0.25) is 0 Å². The number of halogens is 3. The maximum absolute atomic E-state index is 12.9. The molecule has 0 spiro atoms. The quantitative estimate of drug-likeness (QED) is 0.796. The number of carbonyl (C=O) groups is 2. The number of alkyl halides is 3. The fourth-order valence-electron chi connectivity index (χ4n) is 2.94. The van der Waals surface area contributed by atoms with Crippen molar-refractivity contribution in [1.82, 2.24) is 10.2 Å². The first kappa shape index (κ1) is 19.5. The normalized spacial score (nSPS) is 17.6. The molecule has 28 heavy (non-hydrogen) atoms. The van der Waals surface area contributed by atoms with E-state index in [1.807, 2.05) is 0 Å². The molecule has 2 heterocycles. The van der Waals surface area contributed by atoms with Crippen molar-refractivity contribution in [3.8, 4) is 11.3 Å². The lowest BCUT2D eigenvalue weighted by atomic mass is 10.0. The van der Waals surface area contributed by atoms with E-state index in [9.17, 15) is 22.8 Å². The van der Waals surface area contributed by atoms with E-state index in [2.05, 4.69) is 5.32 Å². The van der Waals surface area contributed by atoms with Gasteiger partial charge in [0.1, 0.15) is 17.6 Å². The Hall–Kier alpha value is -3.23. The van der Waals surface area contributed by atoms with Crippen molar-refractivity contribution in [2.24, 2.45) is 0 Å². The fraction of sp³-hybridized carbons (Fsp3) is 0.263. The number of esters is 1. The van der Waals surface area contributed by atoms with Crippen LogP contribution >= 0.6 is 0 Å². The molecule has 1 aliphatic heterocycles. The van der Waals surface area contributed by atoms with E-state index in [1.165, 1.54) is 43.3 Å². The predicted octanol–water partition coefficient (Wildman–Crippen LogP) is 4.11. The maximum Gasteiger partial charge on any atom is 0.416 e. The summed E-state index contributed by atoms with van der Waals surface area (Å²) in [5, 5.41) is 2.63. The summed E-state index contributed by atoms with van der Waals surface area (Å²) in [6.45, 7) is 1.59. The average Bonchev–Trinajstić information content (AvgIpc) is 3.15. The topological polar surface area (TPSA) is 71.8 Å². The number of urea groups is 1. The first-order valence-electron chi connectivity index (χ1n) is 8.24. The Morgan fingerprint density at radius 3 is 2.61 bits per heavy atom. The zero-order chi connectivity index (χ0) is 20.6. The number of carbonyl (C=O) groups excluding carboxylic acids is 2. The van der Waals surface area contributed by atoms with E-state index in [4.69, 9.17) is 9.15 Å². The monoisotopic (exact) mass is 394 g/mol. The molecule has 3 rings (SSSR count). The van der Waals surface area contributed by atoms with Crippen molar-refractivity contribution in [2.75, 3.05) is 14.2 Å². The Bertz CT molecular complexity index is 962. The van der Waals surface area contributed by atoms with E-state index < -0.39 is 29.8 Å². The van der Waals surface area contributed by atoms with Gasteiger partial charge in [-0.15, -0.1) is 0 Å². The zero-order valence-electron chi connectivity index (χ0n) is 15.3. The van der Waals surface area contributed by atoms with Gasteiger partial charge in [0, 0.05) is 18.3 Å². The Labute approximate surface area is 158 Å². The molecule has 0 unspecified atom stereocenters. The number of allylic oxidation sites excluding steroid dienone is 1. The summed E-state index contributed by atoms with van der Waals surface area (Å²) in [5.41, 5.74) is -0.0191. The van der Waals surface area contributed by atoms with Crippen molar-refractivity contribution >= 4 is 12.0 Å². The molecule has 1 aromatic heterocycles. The van der Waals surface area contributed by atoms with Gasteiger partial charge < -0.3 is 19.4 Å². The van der Waals surface area contributed by atoms with Crippen molar-refractivity contribution in [2.45, 2.75) is 19.1 Å². The molecule has 148 valence electrons. The van der Waals surface area contributed by atoms with Gasteiger partial charge in [0.05, 0.1) is 18.2 Å². The summed E-state index contributed by atoms with van der Waals surface area (Å²) in [6.07, 6.45) is -4.48. The second kappa shape index (κ2) is 7.06. The molecule has 2 aromatic rings. The number of methoxy groups -OCH3 is 1. The molecule has 0 radical (unpaired) electrons. The van der Waals surface area contributed by atoms with Crippen LogP contribution < -0.4 is 5.32 Å². The van der Waals surface area contributed by atoms with Gasteiger partial charge in [-0.05, 0) is 31.2 Å². The highest BCUT2D eigenvalue weighted by atomic mass is 19.4. The highest BCUT2D eigenvalue weighted by Gasteiger charge is 2.36. The van der Waals surface area contributed by atoms with Crippen LogP contribution in [0, 0.1) is 0 Å². The lowest BCUT2D eigenvalue weighted by molar-refractivity contribution is -0.138. The van der Waals surface area contributed by atoms with E-state index in [-0.39, 0.29) is 22.7 Å². The van der Waals surface area contributed by atoms with Gasteiger partial charge in [-0.2, -0.15) is 13.2 Å². The highest BCUT2D eigenvalue weighted by Crippen LogP contribution is 2.36. The van der Waals surface area contributed by atoms with E-state index in [1.54, 1.807) is 6.92 Å². The summed E-state index contributed by atoms with van der Waals surface area (Å²) in [4.78, 5) is 25.6. The average molecular weight is 394 g/mol. The maximum atomic E-state index is 12.9. The van der Waals surface area contributed by atoms with E-state index in [0.29, 0.717) is 5.70 Å². The third-order valence-electron chi connectivity index (χ3n) is 4.55. The van der Waals surface area contributed by atoms with Gasteiger partial charge in [0.25, 0.3) is 0 Å². The number of furan rings is 1. The first-order valence-corrected chi connectivity index (χ1v) is 8.24. The number of hydrogen-bond donors (Lipinski definition) is 1. The number of nitrogens with one attached hydrogen (secondary N) is 1. The number of benzene rings is 1. The lowest BCUT2D eigenvalue weighted by Gasteiger charge is -2.31. The third kappa shape index (κ3) is 3.47. The Morgan fingerprint density at radius 2 is 1.96 bits per heavy atom. The molecule has 1 N–H and O–H groups in total. The molecule has 1 atom stereocenters. The van der Waals surface area contributed by atoms with Crippen molar-refractivity contribution in [3.05, 3.63) is 59.0 Å². The zero-order valence-corrected chi connectivity index (χ0v) is 15.3. The van der Waals surface area contributed by atoms with Crippen LogP contribution in [0.3, 0.4) is 0 Å². The van der Waals surface area contributed by atoms with Crippen LogP contribution in [0.15, 0.2) is 52.1 Å². The Kier molecular flexibility index (Phi) is 4.93. The van der Waals surface area contributed by atoms with Gasteiger partial charge in [0.15, 0.2) is 0 Å². The lowest BCUT2D eigenvalue weighted by Crippen LogP contribution is -2.46. The van der Waals surface area contributed by atoms with Gasteiger partial charge in [0.2, 0.25) is 0 Å². The number of ether oxygens (including phenoxy) is 1. The smallest absolute Gasteiger partial charge is 0.416 e. The van der Waals surface area contributed by atoms with Crippen LogP contribution in [-0.2, 0) is 15.7 Å². The van der Waals surface area contributed by atoms with E-state index >= 15 is 0 Å². The molecule has 6 nitrogen and oxygen atoms in total. The second-order valence-electron chi connectivity index (χ2n) is 6.21. The van der Waals surface area contributed by atoms with Gasteiger partial charge in [-0.25, -0.2) is 9.59 Å². The highest BCUT2D eigenvalue weighted by molar-refractivity contribution is 5.94. The van der Waals surface area contributed by atoms with E-state index in [0.717, 1.165) is 12.1 Å². The van der Waals surface area contributed by atoms with Crippen molar-refractivity contribution < 1.29 is 31.9 Å². The van der Waals surface area contributed by atoms with Gasteiger partial charge >= 0.3 is 18.2 Å². The molecule has 0 fully saturated rings. The van der Waals surface area contributed by atoms with Crippen LogP contribution in [0.5, 0.6) is 0 Å².